The summed E-state index contributed by atoms with van der Waals surface area (Å²) in [6.07, 6.45) is 12.4. The van der Waals surface area contributed by atoms with E-state index in [0.717, 1.165) is 13.0 Å². The van der Waals surface area contributed by atoms with Crippen LogP contribution in [0.4, 0.5) is 0 Å². The van der Waals surface area contributed by atoms with Gasteiger partial charge < -0.3 is 4.57 Å². The SMILES string of the molecule is CCCCc1nc(CCCC)n(CCC)c1CCCC. The van der Waals surface area contributed by atoms with Crippen molar-refractivity contribution in [3.05, 3.63) is 17.2 Å². The molecule has 116 valence electrons. The molecule has 0 amide bonds. The second kappa shape index (κ2) is 10.0. The summed E-state index contributed by atoms with van der Waals surface area (Å²) in [4.78, 5) is 5.02. The van der Waals surface area contributed by atoms with E-state index in [2.05, 4.69) is 32.3 Å². The van der Waals surface area contributed by atoms with Gasteiger partial charge in [0.25, 0.3) is 0 Å². The summed E-state index contributed by atoms with van der Waals surface area (Å²) in [6.45, 7) is 10.2. The maximum atomic E-state index is 5.02. The Hall–Kier alpha value is -0.790. The monoisotopic (exact) mass is 278 g/mol. The fraction of sp³-hybridized carbons (Fsp3) is 0.833. The Balaban J connectivity index is 2.99. The van der Waals surface area contributed by atoms with Crippen molar-refractivity contribution in [2.75, 3.05) is 0 Å². The van der Waals surface area contributed by atoms with Crippen LogP contribution < -0.4 is 0 Å². The molecule has 1 heterocycles. The second-order valence-corrected chi connectivity index (χ2v) is 5.88. The summed E-state index contributed by atoms with van der Waals surface area (Å²) in [5.41, 5.74) is 2.95. The van der Waals surface area contributed by atoms with Crippen LogP contribution in [-0.4, -0.2) is 9.55 Å². The molecular formula is C18H34N2. The first-order valence-electron chi connectivity index (χ1n) is 8.85. The van der Waals surface area contributed by atoms with Crippen molar-refractivity contribution in [2.45, 2.75) is 98.4 Å². The number of hydrogen-bond acceptors (Lipinski definition) is 1. The van der Waals surface area contributed by atoms with E-state index in [0.29, 0.717) is 0 Å². The maximum absolute atomic E-state index is 5.02. The van der Waals surface area contributed by atoms with Crippen molar-refractivity contribution < 1.29 is 0 Å². The lowest BCUT2D eigenvalue weighted by Crippen LogP contribution is -2.08. The van der Waals surface area contributed by atoms with Gasteiger partial charge in [0, 0.05) is 18.7 Å². The predicted octanol–water partition coefficient (Wildman–Crippen LogP) is 5.32. The van der Waals surface area contributed by atoms with Crippen molar-refractivity contribution in [3.63, 3.8) is 0 Å². The molecule has 0 saturated carbocycles. The summed E-state index contributed by atoms with van der Waals surface area (Å²) in [5, 5.41) is 0. The molecular weight excluding hydrogens is 244 g/mol. The van der Waals surface area contributed by atoms with Gasteiger partial charge in [-0.15, -0.1) is 0 Å². The van der Waals surface area contributed by atoms with E-state index in [4.69, 9.17) is 4.98 Å². The number of nitrogens with zero attached hydrogens (tertiary/aromatic N) is 2. The van der Waals surface area contributed by atoms with Crippen LogP contribution >= 0.6 is 0 Å². The first-order valence-corrected chi connectivity index (χ1v) is 8.85. The molecule has 0 radical (unpaired) electrons. The summed E-state index contributed by atoms with van der Waals surface area (Å²) < 4.78 is 2.55. The van der Waals surface area contributed by atoms with Crippen LogP contribution in [0.3, 0.4) is 0 Å². The number of hydrogen-bond donors (Lipinski definition) is 0. The van der Waals surface area contributed by atoms with Crippen molar-refractivity contribution in [1.29, 1.82) is 0 Å². The molecule has 1 aromatic rings. The van der Waals surface area contributed by atoms with Crippen LogP contribution in [0.2, 0.25) is 0 Å². The standard InChI is InChI=1S/C18H34N2/c1-5-9-12-16-17(13-10-6-2)20(15-8-4)18(19-16)14-11-7-3/h5-15H2,1-4H3. The lowest BCUT2D eigenvalue weighted by Gasteiger charge is -2.11. The van der Waals surface area contributed by atoms with E-state index >= 15 is 0 Å². The van der Waals surface area contributed by atoms with Gasteiger partial charge in [0.1, 0.15) is 5.82 Å². The lowest BCUT2D eigenvalue weighted by molar-refractivity contribution is 0.587. The molecule has 0 N–H and O–H groups in total. The number of imidazole rings is 1. The molecule has 1 aromatic heterocycles. The maximum Gasteiger partial charge on any atom is 0.109 e. The summed E-state index contributed by atoms with van der Waals surface area (Å²) >= 11 is 0. The van der Waals surface area contributed by atoms with Gasteiger partial charge in [-0.25, -0.2) is 4.98 Å². The molecule has 0 unspecified atom stereocenters. The van der Waals surface area contributed by atoms with Crippen LogP contribution in [0.5, 0.6) is 0 Å². The van der Waals surface area contributed by atoms with Gasteiger partial charge in [0.2, 0.25) is 0 Å². The molecule has 0 fully saturated rings. The second-order valence-electron chi connectivity index (χ2n) is 5.88. The highest BCUT2D eigenvalue weighted by Gasteiger charge is 2.15. The molecule has 0 aliphatic carbocycles. The van der Waals surface area contributed by atoms with Gasteiger partial charge >= 0.3 is 0 Å². The van der Waals surface area contributed by atoms with E-state index in [1.54, 1.807) is 5.69 Å². The summed E-state index contributed by atoms with van der Waals surface area (Å²) in [6, 6.07) is 0. The molecule has 0 saturated heterocycles. The van der Waals surface area contributed by atoms with Crippen LogP contribution in [0.1, 0.15) is 89.9 Å². The Labute approximate surface area is 126 Å². The van der Waals surface area contributed by atoms with Crippen LogP contribution in [-0.2, 0) is 25.8 Å². The zero-order valence-corrected chi connectivity index (χ0v) is 14.2. The third-order valence-corrected chi connectivity index (χ3v) is 3.97. The zero-order chi connectivity index (χ0) is 14.8. The third kappa shape index (κ3) is 4.96. The van der Waals surface area contributed by atoms with Crippen LogP contribution in [0.15, 0.2) is 0 Å². The first kappa shape index (κ1) is 17.3. The van der Waals surface area contributed by atoms with Gasteiger partial charge in [-0.05, 0) is 38.5 Å². The Morgan fingerprint density at radius 1 is 0.750 bits per heavy atom. The Morgan fingerprint density at radius 2 is 1.35 bits per heavy atom. The average Bonchev–Trinajstić information content (AvgIpc) is 2.78. The Bertz CT molecular complexity index is 366. The van der Waals surface area contributed by atoms with Crippen molar-refractivity contribution >= 4 is 0 Å². The van der Waals surface area contributed by atoms with E-state index in [1.807, 2.05) is 0 Å². The van der Waals surface area contributed by atoms with Gasteiger partial charge in [-0.3, -0.25) is 0 Å². The fourth-order valence-electron chi connectivity index (χ4n) is 2.77. The largest absolute Gasteiger partial charge is 0.332 e. The molecule has 0 atom stereocenters. The zero-order valence-electron chi connectivity index (χ0n) is 14.2. The molecule has 1 rings (SSSR count). The minimum atomic E-state index is 1.15. The summed E-state index contributed by atoms with van der Waals surface area (Å²) in [5.74, 6) is 1.35. The highest BCUT2D eigenvalue weighted by atomic mass is 15.1. The van der Waals surface area contributed by atoms with E-state index < -0.39 is 0 Å². The molecule has 2 heteroatoms. The van der Waals surface area contributed by atoms with Crippen molar-refractivity contribution in [1.82, 2.24) is 9.55 Å². The molecule has 0 aliphatic heterocycles. The van der Waals surface area contributed by atoms with Crippen LogP contribution in [0, 0.1) is 0 Å². The molecule has 0 aromatic carbocycles. The number of aryl methyl sites for hydroxylation is 2. The molecule has 2 nitrogen and oxygen atoms in total. The van der Waals surface area contributed by atoms with Gasteiger partial charge in [-0.2, -0.15) is 0 Å². The highest BCUT2D eigenvalue weighted by Crippen LogP contribution is 2.19. The van der Waals surface area contributed by atoms with Crippen LogP contribution in [0.25, 0.3) is 0 Å². The summed E-state index contributed by atoms with van der Waals surface area (Å²) in [7, 11) is 0. The molecule has 0 aliphatic rings. The quantitative estimate of drug-likeness (QED) is 0.535. The topological polar surface area (TPSA) is 17.8 Å². The number of rotatable bonds is 11. The number of aromatic nitrogens is 2. The van der Waals surface area contributed by atoms with Gasteiger partial charge in [-0.1, -0.05) is 47.0 Å². The normalized spacial score (nSPS) is 11.2. The minimum Gasteiger partial charge on any atom is -0.332 e. The highest BCUT2D eigenvalue weighted by molar-refractivity contribution is 5.18. The molecule has 0 spiro atoms. The lowest BCUT2D eigenvalue weighted by atomic mass is 10.1. The average molecular weight is 278 g/mol. The number of unbranched alkanes of at least 4 members (excludes halogenated alkanes) is 3. The van der Waals surface area contributed by atoms with Crippen molar-refractivity contribution in [3.8, 4) is 0 Å². The van der Waals surface area contributed by atoms with E-state index in [1.165, 1.54) is 69.3 Å². The molecule has 20 heavy (non-hydrogen) atoms. The molecule has 0 bridgehead atoms. The van der Waals surface area contributed by atoms with Crippen molar-refractivity contribution in [2.24, 2.45) is 0 Å². The predicted molar refractivity (Wildman–Crippen MR) is 88.4 cm³/mol. The fourth-order valence-corrected chi connectivity index (χ4v) is 2.77. The smallest absolute Gasteiger partial charge is 0.109 e. The van der Waals surface area contributed by atoms with E-state index in [9.17, 15) is 0 Å². The first-order chi connectivity index (χ1) is 9.78. The van der Waals surface area contributed by atoms with Gasteiger partial charge in [0.15, 0.2) is 0 Å². The van der Waals surface area contributed by atoms with Gasteiger partial charge in [0.05, 0.1) is 5.69 Å². The third-order valence-electron chi connectivity index (χ3n) is 3.97. The Kier molecular flexibility index (Phi) is 8.64. The minimum absolute atomic E-state index is 1.15. The Morgan fingerprint density at radius 3 is 1.95 bits per heavy atom. The van der Waals surface area contributed by atoms with E-state index in [-0.39, 0.29) is 0 Å².